The number of rotatable bonds is 8. The third-order valence-electron chi connectivity index (χ3n) is 7.57. The van der Waals surface area contributed by atoms with Crippen LogP contribution in [0.1, 0.15) is 51.9 Å². The Bertz CT molecular complexity index is 1140. The molecule has 10 heteroatoms. The molecule has 4 rings (SSSR count). The molecule has 0 aromatic heterocycles. The third-order valence-corrected chi connectivity index (χ3v) is 8.30. The van der Waals surface area contributed by atoms with Crippen LogP contribution >= 0.6 is 0 Å². The summed E-state index contributed by atoms with van der Waals surface area (Å²) in [7, 11) is -3.24. The fourth-order valence-corrected chi connectivity index (χ4v) is 6.34. The van der Waals surface area contributed by atoms with Crippen molar-refractivity contribution in [2.45, 2.75) is 70.4 Å². The van der Waals surface area contributed by atoms with Gasteiger partial charge in [0.15, 0.2) is 0 Å². The van der Waals surface area contributed by atoms with Crippen LogP contribution in [-0.4, -0.2) is 52.3 Å². The second-order valence-corrected chi connectivity index (χ2v) is 12.3. The number of nitrogens with one attached hydrogen (secondary N) is 6. The topological polar surface area (TPSA) is 123 Å². The highest BCUT2D eigenvalue weighted by Gasteiger charge is 2.39. The fourth-order valence-electron chi connectivity index (χ4n) is 5.86. The second kappa shape index (κ2) is 13.0. The first-order valence-corrected chi connectivity index (χ1v) is 15.4. The van der Waals surface area contributed by atoms with E-state index in [1.807, 2.05) is 42.5 Å². The minimum Gasteiger partial charge on any atom is -0.310 e. The summed E-state index contributed by atoms with van der Waals surface area (Å²) in [4.78, 5) is 12.9. The minimum absolute atomic E-state index is 0.0620. The minimum atomic E-state index is -3.24. The highest BCUT2D eigenvalue weighted by molar-refractivity contribution is 7.88. The molecule has 4 atom stereocenters. The van der Waals surface area contributed by atoms with E-state index in [1.54, 1.807) is 0 Å². The SMILES string of the molecule is CC1NC(NC(=O)Nc2ccc3ccccc3c2)NC(NCCNS(C)(=O)=O)C1C1CCCCCCC1. The lowest BCUT2D eigenvalue weighted by atomic mass is 9.76. The van der Waals surface area contributed by atoms with Crippen molar-refractivity contribution >= 4 is 32.5 Å². The van der Waals surface area contributed by atoms with Crippen LogP contribution in [0.3, 0.4) is 0 Å². The predicted octanol–water partition coefficient (Wildman–Crippen LogP) is 3.27. The van der Waals surface area contributed by atoms with Gasteiger partial charge in [-0.1, -0.05) is 75.3 Å². The molecule has 6 N–H and O–H groups in total. The van der Waals surface area contributed by atoms with E-state index in [4.69, 9.17) is 0 Å². The van der Waals surface area contributed by atoms with Gasteiger partial charge >= 0.3 is 6.03 Å². The van der Waals surface area contributed by atoms with Gasteiger partial charge in [-0.05, 0) is 35.7 Å². The molecule has 1 aliphatic carbocycles. The van der Waals surface area contributed by atoms with Crippen molar-refractivity contribution in [1.82, 2.24) is 26.0 Å². The van der Waals surface area contributed by atoms with E-state index in [0.29, 0.717) is 24.9 Å². The van der Waals surface area contributed by atoms with Crippen LogP contribution in [0.4, 0.5) is 10.5 Å². The highest BCUT2D eigenvalue weighted by Crippen LogP contribution is 2.33. The zero-order valence-corrected chi connectivity index (χ0v) is 22.7. The summed E-state index contributed by atoms with van der Waals surface area (Å²) in [5, 5.41) is 18.8. The van der Waals surface area contributed by atoms with E-state index in [-0.39, 0.29) is 18.2 Å². The van der Waals surface area contributed by atoms with Crippen LogP contribution < -0.4 is 31.3 Å². The summed E-state index contributed by atoms with van der Waals surface area (Å²) in [6, 6.07) is 13.8. The molecule has 0 bridgehead atoms. The third kappa shape index (κ3) is 8.38. The molecule has 1 saturated carbocycles. The monoisotopic (exact) mass is 530 g/mol. The van der Waals surface area contributed by atoms with Gasteiger partial charge in [0.2, 0.25) is 10.0 Å². The van der Waals surface area contributed by atoms with E-state index < -0.39 is 16.3 Å². The van der Waals surface area contributed by atoms with Gasteiger partial charge < -0.3 is 16.0 Å². The first kappa shape index (κ1) is 27.8. The average molecular weight is 531 g/mol. The van der Waals surface area contributed by atoms with Crippen LogP contribution in [-0.2, 0) is 10.0 Å². The lowest BCUT2D eigenvalue weighted by Crippen LogP contribution is -2.72. The average Bonchev–Trinajstić information content (AvgIpc) is 2.81. The Kier molecular flexibility index (Phi) is 9.77. The number of hydrogen-bond donors (Lipinski definition) is 6. The normalized spacial score (nSPS) is 25.8. The molecule has 37 heavy (non-hydrogen) atoms. The standard InChI is InChI=1S/C27H42N6O3S/c1-19-24(21-11-6-4-3-5-7-12-21)25(28-16-17-29-37(2,35)36)32-26(30-19)33-27(34)31-23-15-14-20-10-8-9-13-22(20)18-23/h8-10,13-15,18-19,21,24-26,28-30,32H,3-7,11-12,16-17H2,1-2H3,(H2,31,33,34). The molecular formula is C27H42N6O3S. The molecule has 2 aromatic carbocycles. The van der Waals surface area contributed by atoms with Gasteiger partial charge in [0.25, 0.3) is 0 Å². The molecule has 2 fully saturated rings. The molecule has 204 valence electrons. The predicted molar refractivity (Wildman–Crippen MR) is 150 cm³/mol. The number of sulfonamides is 1. The molecule has 9 nitrogen and oxygen atoms in total. The highest BCUT2D eigenvalue weighted by atomic mass is 32.2. The Morgan fingerprint density at radius 3 is 2.38 bits per heavy atom. The van der Waals surface area contributed by atoms with Crippen LogP contribution in [0, 0.1) is 11.8 Å². The number of fused-ring (bicyclic) bond motifs is 1. The first-order valence-electron chi connectivity index (χ1n) is 13.5. The summed E-state index contributed by atoms with van der Waals surface area (Å²) in [5.41, 5.74) is 0.731. The molecule has 1 saturated heterocycles. The number of hydrogen-bond acceptors (Lipinski definition) is 6. The summed E-state index contributed by atoms with van der Waals surface area (Å²) in [6.45, 7) is 3.00. The number of carbonyl (C=O) groups is 1. The van der Waals surface area contributed by atoms with Crippen molar-refractivity contribution in [3.63, 3.8) is 0 Å². The van der Waals surface area contributed by atoms with Crippen molar-refractivity contribution in [1.29, 1.82) is 0 Å². The van der Waals surface area contributed by atoms with Crippen molar-refractivity contribution in [2.24, 2.45) is 11.8 Å². The number of benzene rings is 2. The van der Waals surface area contributed by atoms with Gasteiger partial charge in [0.05, 0.1) is 12.4 Å². The van der Waals surface area contributed by atoms with Crippen LogP contribution in [0.5, 0.6) is 0 Å². The van der Waals surface area contributed by atoms with E-state index in [2.05, 4.69) is 38.2 Å². The molecule has 2 aliphatic rings. The Morgan fingerprint density at radius 2 is 1.65 bits per heavy atom. The van der Waals surface area contributed by atoms with Crippen molar-refractivity contribution in [2.75, 3.05) is 24.7 Å². The number of carbonyl (C=O) groups excluding carboxylic acids is 1. The molecule has 4 unspecified atom stereocenters. The molecule has 0 radical (unpaired) electrons. The van der Waals surface area contributed by atoms with Gasteiger partial charge in [-0.2, -0.15) is 0 Å². The molecule has 1 heterocycles. The maximum Gasteiger partial charge on any atom is 0.321 e. The molecule has 0 spiro atoms. The van der Waals surface area contributed by atoms with Crippen LogP contribution in [0.2, 0.25) is 0 Å². The Morgan fingerprint density at radius 1 is 0.946 bits per heavy atom. The largest absolute Gasteiger partial charge is 0.321 e. The Hall–Kier alpha value is -2.24. The van der Waals surface area contributed by atoms with E-state index >= 15 is 0 Å². The Labute approximate surface area is 221 Å². The zero-order chi connectivity index (χ0) is 26.3. The lowest BCUT2D eigenvalue weighted by Gasteiger charge is -2.47. The molecule has 1 aliphatic heterocycles. The van der Waals surface area contributed by atoms with E-state index in [0.717, 1.165) is 16.5 Å². The number of urea groups is 1. The first-order chi connectivity index (χ1) is 17.8. The van der Waals surface area contributed by atoms with Crippen molar-refractivity contribution < 1.29 is 13.2 Å². The molecule has 2 aromatic rings. The van der Waals surface area contributed by atoms with E-state index in [9.17, 15) is 13.2 Å². The summed E-state index contributed by atoms with van der Waals surface area (Å²) in [6.07, 6.45) is 9.44. The van der Waals surface area contributed by atoms with Crippen LogP contribution in [0.25, 0.3) is 10.8 Å². The summed E-state index contributed by atoms with van der Waals surface area (Å²) >= 11 is 0. The van der Waals surface area contributed by atoms with Gasteiger partial charge in [-0.25, -0.2) is 17.9 Å². The van der Waals surface area contributed by atoms with Crippen molar-refractivity contribution in [3.8, 4) is 0 Å². The quantitative estimate of drug-likeness (QED) is 0.291. The lowest BCUT2D eigenvalue weighted by molar-refractivity contribution is 0.0767. The maximum absolute atomic E-state index is 12.9. The smallest absolute Gasteiger partial charge is 0.310 e. The van der Waals surface area contributed by atoms with E-state index in [1.165, 1.54) is 51.2 Å². The summed E-state index contributed by atoms with van der Waals surface area (Å²) in [5.74, 6) is 0.876. The number of anilines is 1. The molecule has 2 amide bonds. The number of amides is 2. The molecular weight excluding hydrogens is 488 g/mol. The fraction of sp³-hybridized carbons (Fsp3) is 0.593. The van der Waals surface area contributed by atoms with Crippen LogP contribution in [0.15, 0.2) is 42.5 Å². The maximum atomic E-state index is 12.9. The van der Waals surface area contributed by atoms with Gasteiger partial charge in [0, 0.05) is 30.7 Å². The summed E-state index contributed by atoms with van der Waals surface area (Å²) < 4.78 is 25.5. The van der Waals surface area contributed by atoms with Gasteiger partial charge in [0.1, 0.15) is 6.29 Å². The van der Waals surface area contributed by atoms with Gasteiger partial charge in [-0.3, -0.25) is 10.6 Å². The second-order valence-electron chi connectivity index (χ2n) is 10.5. The zero-order valence-electron chi connectivity index (χ0n) is 21.9. The van der Waals surface area contributed by atoms with Crippen molar-refractivity contribution in [3.05, 3.63) is 42.5 Å². The van der Waals surface area contributed by atoms with Gasteiger partial charge in [-0.15, -0.1) is 0 Å². The Balaban J connectivity index is 1.40.